The van der Waals surface area contributed by atoms with Gasteiger partial charge in [0.2, 0.25) is 5.91 Å². The molecule has 1 unspecified atom stereocenters. The van der Waals surface area contributed by atoms with Gasteiger partial charge in [-0.15, -0.1) is 0 Å². The summed E-state index contributed by atoms with van der Waals surface area (Å²) in [7, 11) is 0. The Labute approximate surface area is 89.9 Å². The van der Waals surface area contributed by atoms with Crippen molar-refractivity contribution in [3.8, 4) is 0 Å². The number of carbonyl (C=O) groups excluding carboxylic acids is 1. The highest BCUT2D eigenvalue weighted by atomic mass is 16.2. The Kier molecular flexibility index (Phi) is 2.49. The van der Waals surface area contributed by atoms with Gasteiger partial charge in [0.05, 0.1) is 0 Å². The molecule has 1 aliphatic heterocycles. The molecule has 1 amide bonds. The average molecular weight is 204 g/mol. The normalized spacial score (nSPS) is 19.5. The van der Waals surface area contributed by atoms with Gasteiger partial charge in [-0.2, -0.15) is 0 Å². The van der Waals surface area contributed by atoms with Gasteiger partial charge >= 0.3 is 0 Å². The van der Waals surface area contributed by atoms with Crippen LogP contribution >= 0.6 is 0 Å². The number of nitrogens with zero attached hydrogens (tertiary/aromatic N) is 1. The molecular formula is C12H16N2O. The number of aryl methyl sites for hydroxylation is 1. The smallest absolute Gasteiger partial charge is 0.248 e. The number of amides is 1. The third-order valence-electron chi connectivity index (χ3n) is 2.79. The fraction of sp³-hybridized carbons (Fsp3) is 0.417. The highest BCUT2D eigenvalue weighted by Gasteiger charge is 2.33. The number of nitrogens with two attached hydrogens (primary N) is 1. The number of rotatable bonds is 2. The van der Waals surface area contributed by atoms with Gasteiger partial charge in [-0.25, -0.2) is 0 Å². The molecule has 0 saturated heterocycles. The first-order chi connectivity index (χ1) is 7.15. The van der Waals surface area contributed by atoms with Crippen LogP contribution in [0.1, 0.15) is 30.5 Å². The van der Waals surface area contributed by atoms with Crippen LogP contribution < -0.4 is 10.6 Å². The lowest BCUT2D eigenvalue weighted by Crippen LogP contribution is -2.32. The van der Waals surface area contributed by atoms with Gasteiger partial charge < -0.3 is 10.6 Å². The fourth-order valence-electron chi connectivity index (χ4n) is 2.04. The van der Waals surface area contributed by atoms with E-state index in [-0.39, 0.29) is 5.91 Å². The lowest BCUT2D eigenvalue weighted by molar-refractivity contribution is -0.119. The van der Waals surface area contributed by atoms with E-state index in [0.29, 0.717) is 0 Å². The number of fused-ring (bicyclic) bond motifs is 1. The molecule has 15 heavy (non-hydrogen) atoms. The van der Waals surface area contributed by atoms with Crippen LogP contribution in [0.15, 0.2) is 18.2 Å². The minimum atomic E-state index is -0.466. The predicted molar refractivity (Wildman–Crippen MR) is 60.8 cm³/mol. The van der Waals surface area contributed by atoms with Gasteiger partial charge in [0, 0.05) is 17.8 Å². The summed E-state index contributed by atoms with van der Waals surface area (Å²) in [4.78, 5) is 13.7. The summed E-state index contributed by atoms with van der Waals surface area (Å²) < 4.78 is 0. The van der Waals surface area contributed by atoms with Crippen LogP contribution in [0.3, 0.4) is 0 Å². The maximum atomic E-state index is 11.9. The van der Waals surface area contributed by atoms with Gasteiger partial charge in [-0.3, -0.25) is 4.79 Å². The van der Waals surface area contributed by atoms with Crippen molar-refractivity contribution in [2.45, 2.75) is 26.3 Å². The minimum absolute atomic E-state index is 0.0254. The molecule has 0 saturated carbocycles. The molecule has 2 rings (SSSR count). The number of hydrogen-bond donors (Lipinski definition) is 1. The molecule has 0 spiro atoms. The van der Waals surface area contributed by atoms with Crippen LogP contribution in [0.5, 0.6) is 0 Å². The van der Waals surface area contributed by atoms with Gasteiger partial charge in [0.1, 0.15) is 6.04 Å². The largest absolute Gasteiger partial charge is 0.316 e. The molecule has 1 atom stereocenters. The molecular weight excluding hydrogens is 188 g/mol. The van der Waals surface area contributed by atoms with E-state index < -0.39 is 6.04 Å². The van der Waals surface area contributed by atoms with Crippen molar-refractivity contribution in [2.75, 3.05) is 11.4 Å². The second kappa shape index (κ2) is 3.66. The first-order valence-corrected chi connectivity index (χ1v) is 5.32. The number of hydrogen-bond acceptors (Lipinski definition) is 2. The number of anilines is 1. The van der Waals surface area contributed by atoms with E-state index >= 15 is 0 Å². The van der Waals surface area contributed by atoms with Crippen molar-refractivity contribution >= 4 is 11.6 Å². The molecule has 1 aromatic rings. The van der Waals surface area contributed by atoms with E-state index in [0.717, 1.165) is 29.8 Å². The van der Waals surface area contributed by atoms with E-state index in [4.69, 9.17) is 5.73 Å². The molecule has 0 aliphatic carbocycles. The van der Waals surface area contributed by atoms with Crippen molar-refractivity contribution in [1.29, 1.82) is 0 Å². The highest BCUT2D eigenvalue weighted by molar-refractivity contribution is 6.04. The lowest BCUT2D eigenvalue weighted by Gasteiger charge is -2.16. The van der Waals surface area contributed by atoms with Crippen molar-refractivity contribution in [3.63, 3.8) is 0 Å². The maximum Gasteiger partial charge on any atom is 0.248 e. The summed E-state index contributed by atoms with van der Waals surface area (Å²) >= 11 is 0. The summed E-state index contributed by atoms with van der Waals surface area (Å²) in [6.07, 6.45) is 0.950. The third kappa shape index (κ3) is 1.53. The molecule has 1 aliphatic rings. The molecule has 0 aromatic heterocycles. The molecule has 1 heterocycles. The molecule has 3 nitrogen and oxygen atoms in total. The van der Waals surface area contributed by atoms with Crippen molar-refractivity contribution < 1.29 is 4.79 Å². The van der Waals surface area contributed by atoms with Crippen LogP contribution in [0, 0.1) is 6.92 Å². The van der Waals surface area contributed by atoms with Gasteiger partial charge in [0.25, 0.3) is 0 Å². The van der Waals surface area contributed by atoms with Crippen molar-refractivity contribution in [1.82, 2.24) is 0 Å². The first-order valence-electron chi connectivity index (χ1n) is 5.32. The lowest BCUT2D eigenvalue weighted by atomic mass is 10.1. The molecule has 3 heteroatoms. The molecule has 0 bridgehead atoms. The van der Waals surface area contributed by atoms with Crippen molar-refractivity contribution in [3.05, 3.63) is 29.3 Å². The molecule has 1 aromatic carbocycles. The zero-order chi connectivity index (χ0) is 11.0. The van der Waals surface area contributed by atoms with E-state index in [1.165, 1.54) is 0 Å². The zero-order valence-electron chi connectivity index (χ0n) is 9.16. The van der Waals surface area contributed by atoms with E-state index in [2.05, 4.69) is 6.92 Å². The van der Waals surface area contributed by atoms with E-state index in [9.17, 15) is 4.79 Å². The average Bonchev–Trinajstić information content (AvgIpc) is 2.44. The van der Waals surface area contributed by atoms with Gasteiger partial charge in [-0.05, 0) is 19.4 Å². The van der Waals surface area contributed by atoms with Crippen LogP contribution in [-0.4, -0.2) is 12.5 Å². The van der Waals surface area contributed by atoms with Crippen LogP contribution in [0.2, 0.25) is 0 Å². The Morgan fingerprint density at radius 3 is 2.87 bits per heavy atom. The topological polar surface area (TPSA) is 46.3 Å². The van der Waals surface area contributed by atoms with Crippen LogP contribution in [0.4, 0.5) is 5.69 Å². The quantitative estimate of drug-likeness (QED) is 0.797. The van der Waals surface area contributed by atoms with E-state index in [1.54, 1.807) is 4.90 Å². The Bertz CT molecular complexity index is 401. The maximum absolute atomic E-state index is 11.9. The van der Waals surface area contributed by atoms with Crippen molar-refractivity contribution in [2.24, 2.45) is 5.73 Å². The second-order valence-corrected chi connectivity index (χ2v) is 4.03. The fourth-order valence-corrected chi connectivity index (χ4v) is 2.04. The Balaban J connectivity index is 2.46. The Morgan fingerprint density at radius 1 is 1.47 bits per heavy atom. The summed E-state index contributed by atoms with van der Waals surface area (Å²) in [5.74, 6) is 0.0254. The monoisotopic (exact) mass is 204 g/mol. The Morgan fingerprint density at radius 2 is 2.20 bits per heavy atom. The summed E-state index contributed by atoms with van der Waals surface area (Å²) in [6.45, 7) is 4.83. The molecule has 0 radical (unpaired) electrons. The highest BCUT2D eigenvalue weighted by Crippen LogP contribution is 2.34. The SMILES string of the molecule is CCCN1C(=O)C(N)c2cc(C)ccc21. The van der Waals surface area contributed by atoms with Gasteiger partial charge in [-0.1, -0.05) is 24.6 Å². The molecule has 0 fully saturated rings. The summed E-state index contributed by atoms with van der Waals surface area (Å²) in [5, 5.41) is 0. The third-order valence-corrected chi connectivity index (χ3v) is 2.79. The van der Waals surface area contributed by atoms with Gasteiger partial charge in [0.15, 0.2) is 0 Å². The number of benzene rings is 1. The molecule has 2 N–H and O–H groups in total. The minimum Gasteiger partial charge on any atom is -0.316 e. The second-order valence-electron chi connectivity index (χ2n) is 4.03. The summed E-state index contributed by atoms with van der Waals surface area (Å²) in [5.41, 5.74) is 8.99. The first kappa shape index (κ1) is 10.2. The summed E-state index contributed by atoms with van der Waals surface area (Å²) in [6, 6.07) is 5.55. The number of carbonyl (C=O) groups is 1. The predicted octanol–water partition coefficient (Wildman–Crippen LogP) is 1.75. The van der Waals surface area contributed by atoms with E-state index in [1.807, 2.05) is 25.1 Å². The Hall–Kier alpha value is -1.35. The van der Waals surface area contributed by atoms with Crippen LogP contribution in [0.25, 0.3) is 0 Å². The standard InChI is InChI=1S/C12H16N2O/c1-3-6-14-10-5-4-8(2)7-9(10)11(13)12(14)15/h4-5,7,11H,3,6,13H2,1-2H3. The zero-order valence-corrected chi connectivity index (χ0v) is 9.16. The molecule has 80 valence electrons. The van der Waals surface area contributed by atoms with Crippen LogP contribution in [-0.2, 0) is 4.79 Å².